The quantitative estimate of drug-likeness (QED) is 0.0479. The van der Waals surface area contributed by atoms with E-state index in [1.54, 1.807) is 9.80 Å². The first-order chi connectivity index (χ1) is 22.6. The summed E-state index contributed by atoms with van der Waals surface area (Å²) in [7, 11) is -14.2. The minimum atomic E-state index is -4.88. The van der Waals surface area contributed by atoms with E-state index in [-0.39, 0.29) is 39.4 Å². The maximum atomic E-state index is 11.8. The van der Waals surface area contributed by atoms with Crippen molar-refractivity contribution in [2.75, 3.05) is 52.5 Å². The van der Waals surface area contributed by atoms with Crippen molar-refractivity contribution in [3.05, 3.63) is 0 Å². The molecule has 0 aromatic rings. The third kappa shape index (κ3) is 35.4. The van der Waals surface area contributed by atoms with E-state index >= 15 is 0 Å². The fourth-order valence-electron chi connectivity index (χ4n) is 5.64. The molecule has 0 aliphatic rings. The molecule has 0 aromatic carbocycles. The minimum absolute atomic E-state index is 0.0280. The van der Waals surface area contributed by atoms with E-state index in [9.17, 15) is 29.8 Å². The van der Waals surface area contributed by atoms with Gasteiger partial charge < -0.3 is 0 Å². The van der Waals surface area contributed by atoms with E-state index in [1.807, 2.05) is 0 Å². The van der Waals surface area contributed by atoms with Crippen LogP contribution < -0.4 is 0 Å². The van der Waals surface area contributed by atoms with Crippen LogP contribution in [0.2, 0.25) is 0 Å². The average Bonchev–Trinajstić information content (AvgIpc) is 2.96. The van der Waals surface area contributed by atoms with E-state index in [2.05, 4.69) is 22.2 Å². The van der Waals surface area contributed by atoms with Crippen LogP contribution in [0.25, 0.3) is 0 Å². The summed E-state index contributed by atoms with van der Waals surface area (Å²) in [5, 5.41) is 0. The molecular weight excluding hydrogens is 689 g/mol. The first-order valence-electron chi connectivity index (χ1n) is 18.0. The molecule has 0 heterocycles. The summed E-state index contributed by atoms with van der Waals surface area (Å²) in [5.74, 6) is 0. The largest absolute Gasteiger partial charge is 0.397 e. The number of nitrogens with zero attached hydrogens (tertiary/aromatic N) is 2. The Bertz CT molecular complexity index is 1010. The van der Waals surface area contributed by atoms with Crippen LogP contribution in [-0.2, 0) is 43.7 Å². The van der Waals surface area contributed by atoms with Crippen LogP contribution in [0.15, 0.2) is 0 Å². The highest BCUT2D eigenvalue weighted by molar-refractivity contribution is 7.81. The lowest BCUT2D eigenvalue weighted by Gasteiger charge is -2.30. The van der Waals surface area contributed by atoms with Crippen molar-refractivity contribution in [3.8, 4) is 0 Å². The highest BCUT2D eigenvalue weighted by Gasteiger charge is 2.24. The summed E-state index contributed by atoms with van der Waals surface area (Å²) in [4.78, 5) is 3.50. The van der Waals surface area contributed by atoms with Gasteiger partial charge in [-0.05, 0) is 25.9 Å². The number of hydrogen-bond acceptors (Lipinski definition) is 11. The molecule has 0 aliphatic heterocycles. The summed E-state index contributed by atoms with van der Waals surface area (Å²) in [5.41, 5.74) is 0. The Labute approximate surface area is 292 Å². The third-order valence-electron chi connectivity index (χ3n) is 8.12. The van der Waals surface area contributed by atoms with Gasteiger partial charge in [-0.3, -0.25) is 23.5 Å². The van der Waals surface area contributed by atoms with E-state index < -0.39 is 37.3 Å². The van der Waals surface area contributed by atoms with Crippen molar-refractivity contribution >= 4 is 31.2 Å². The molecule has 17 heteroatoms. The number of unbranched alkanes of at least 4 members (excludes halogenated alkanes) is 18. The first-order valence-corrected chi connectivity index (χ1v) is 22.1. The Morgan fingerprint density at radius 3 is 1.00 bits per heavy atom. The molecule has 0 unspecified atom stereocenters. The summed E-state index contributed by atoms with van der Waals surface area (Å²) in [6.45, 7) is 4.56. The summed E-state index contributed by atoms with van der Waals surface area (Å²) >= 11 is 0. The molecule has 0 spiro atoms. The van der Waals surface area contributed by atoms with E-state index in [0.717, 1.165) is 64.2 Å². The molecule has 0 aliphatic carbocycles. The highest BCUT2D eigenvalue weighted by Crippen LogP contribution is 2.14. The summed E-state index contributed by atoms with van der Waals surface area (Å²) in [6.07, 6.45) is 21.1. The zero-order valence-corrected chi connectivity index (χ0v) is 32.0. The van der Waals surface area contributed by atoms with Crippen molar-refractivity contribution in [2.24, 2.45) is 0 Å². The normalized spacial score (nSPS) is 13.0. The topological polar surface area (TPSA) is 197 Å². The minimum Gasteiger partial charge on any atom is -0.298 e. The predicted octanol–water partition coefficient (Wildman–Crippen LogP) is 6.26. The van der Waals surface area contributed by atoms with Gasteiger partial charge in [0.15, 0.2) is 0 Å². The molecule has 0 saturated heterocycles. The monoisotopic (exact) mass is 754 g/mol. The molecule has 0 amide bonds. The second-order valence-electron chi connectivity index (χ2n) is 12.6. The van der Waals surface area contributed by atoms with Crippen molar-refractivity contribution in [1.29, 1.82) is 0 Å². The van der Waals surface area contributed by atoms with Gasteiger partial charge in [0.1, 0.15) is 6.10 Å². The van der Waals surface area contributed by atoms with Crippen molar-refractivity contribution in [3.63, 3.8) is 0 Å². The smallest absolute Gasteiger partial charge is 0.298 e. The SMILES string of the molecule is CCCCCCCCCCCCN(CCOS(=O)(=O)O)CC(CN(CCCCCCCCCCCC)CCOS(=O)(=O)O)OS(=O)(=O)O. The van der Waals surface area contributed by atoms with Crippen LogP contribution in [0.5, 0.6) is 0 Å². The molecular formula is C31H66N2O12S3. The van der Waals surface area contributed by atoms with E-state index in [0.29, 0.717) is 13.1 Å². The molecule has 14 nitrogen and oxygen atoms in total. The lowest BCUT2D eigenvalue weighted by Crippen LogP contribution is -2.45. The van der Waals surface area contributed by atoms with Gasteiger partial charge in [0.05, 0.1) is 13.2 Å². The molecule has 0 atom stereocenters. The van der Waals surface area contributed by atoms with Crippen LogP contribution >= 0.6 is 0 Å². The third-order valence-corrected chi connectivity index (χ3v) is 9.56. The Kier molecular flexibility index (Phi) is 28.9. The lowest BCUT2D eigenvalue weighted by molar-refractivity contribution is 0.0734. The average molecular weight is 755 g/mol. The zero-order valence-electron chi connectivity index (χ0n) is 29.5. The maximum Gasteiger partial charge on any atom is 0.397 e. The van der Waals surface area contributed by atoms with Crippen LogP contribution in [0.3, 0.4) is 0 Å². The molecule has 0 saturated carbocycles. The van der Waals surface area contributed by atoms with Crippen LogP contribution in [0.4, 0.5) is 0 Å². The molecule has 0 fully saturated rings. The van der Waals surface area contributed by atoms with Crippen LogP contribution in [0, 0.1) is 0 Å². The molecule has 0 radical (unpaired) electrons. The summed E-state index contributed by atoms with van der Waals surface area (Å²) in [6, 6.07) is 0. The van der Waals surface area contributed by atoms with Gasteiger partial charge in [0.25, 0.3) is 0 Å². The molecule has 0 aromatic heterocycles. The Hall–Kier alpha value is -0.470. The highest BCUT2D eigenvalue weighted by atomic mass is 32.3. The zero-order chi connectivity index (χ0) is 36.2. The Morgan fingerprint density at radius 1 is 0.438 bits per heavy atom. The van der Waals surface area contributed by atoms with Gasteiger partial charge in [0.2, 0.25) is 0 Å². The van der Waals surface area contributed by atoms with Crippen molar-refractivity contribution in [2.45, 2.75) is 148 Å². The molecule has 0 rings (SSSR count). The molecule has 48 heavy (non-hydrogen) atoms. The molecule has 290 valence electrons. The van der Waals surface area contributed by atoms with Crippen LogP contribution in [-0.4, -0.2) is 107 Å². The van der Waals surface area contributed by atoms with Crippen LogP contribution in [0.1, 0.15) is 142 Å². The second kappa shape index (κ2) is 29.1. The molecule has 0 bridgehead atoms. The van der Waals surface area contributed by atoms with Gasteiger partial charge in [-0.15, -0.1) is 0 Å². The van der Waals surface area contributed by atoms with Gasteiger partial charge in [-0.2, -0.15) is 25.3 Å². The van der Waals surface area contributed by atoms with Gasteiger partial charge in [-0.1, -0.05) is 129 Å². The predicted molar refractivity (Wildman–Crippen MR) is 188 cm³/mol. The van der Waals surface area contributed by atoms with Crippen molar-refractivity contribution < 1.29 is 51.5 Å². The fraction of sp³-hybridized carbons (Fsp3) is 1.00. The maximum absolute atomic E-state index is 11.8. The first kappa shape index (κ1) is 47.5. The number of rotatable bonds is 36. The number of hydrogen-bond donors (Lipinski definition) is 3. The van der Waals surface area contributed by atoms with E-state index in [1.165, 1.54) is 64.2 Å². The fourth-order valence-corrected chi connectivity index (χ4v) is 6.68. The van der Waals surface area contributed by atoms with Crippen molar-refractivity contribution in [1.82, 2.24) is 9.80 Å². The van der Waals surface area contributed by atoms with E-state index in [4.69, 9.17) is 13.3 Å². The van der Waals surface area contributed by atoms with Gasteiger partial charge in [0, 0.05) is 26.2 Å². The standard InChI is InChI=1S/C31H66N2O12S3/c1-3-5-7-9-11-13-15-17-19-21-23-32(25-27-43-46(34,35)36)29-31(45-48(40,41)42)30-33(26-28-44-47(37,38)39)24-22-20-18-16-14-12-10-8-6-4-2/h31H,3-30H2,1-2H3,(H,34,35,36)(H,37,38,39)(H,40,41,42). The Balaban J connectivity index is 5.27. The summed E-state index contributed by atoms with van der Waals surface area (Å²) < 4.78 is 110. The second-order valence-corrected chi connectivity index (χ2v) is 15.8. The van der Waals surface area contributed by atoms with Gasteiger partial charge in [-0.25, -0.2) is 12.5 Å². The van der Waals surface area contributed by atoms with Gasteiger partial charge >= 0.3 is 31.2 Å². The Morgan fingerprint density at radius 2 is 0.729 bits per heavy atom. The molecule has 3 N–H and O–H groups in total. The lowest BCUT2D eigenvalue weighted by atomic mass is 10.1.